The standard InChI is InChI=1S/C22H28N6/c1-16-7-9-18(10-8-16)27-13-12-26(14-17(27)2)21-20-22(24-15-23-21)28-11-5-3-4-6-19(28)25-20/h7-10,15,17H,3-6,11-14H2,1-2H3/t17-/m1/s1. The van der Waals surface area contributed by atoms with E-state index in [4.69, 9.17) is 4.98 Å². The monoisotopic (exact) mass is 376 g/mol. The minimum atomic E-state index is 0.418. The highest BCUT2D eigenvalue weighted by molar-refractivity contribution is 5.84. The minimum Gasteiger partial charge on any atom is -0.365 e. The molecular formula is C22H28N6. The van der Waals surface area contributed by atoms with Gasteiger partial charge in [0.25, 0.3) is 0 Å². The van der Waals surface area contributed by atoms with Crippen molar-refractivity contribution in [3.8, 4) is 0 Å². The van der Waals surface area contributed by atoms with Gasteiger partial charge in [0, 0.05) is 44.3 Å². The maximum atomic E-state index is 4.98. The summed E-state index contributed by atoms with van der Waals surface area (Å²) in [7, 11) is 0. The third-order valence-electron chi connectivity index (χ3n) is 6.17. The average molecular weight is 377 g/mol. The van der Waals surface area contributed by atoms with Crippen molar-refractivity contribution < 1.29 is 0 Å². The van der Waals surface area contributed by atoms with Gasteiger partial charge in [0.05, 0.1) is 0 Å². The van der Waals surface area contributed by atoms with E-state index in [1.165, 1.54) is 36.3 Å². The van der Waals surface area contributed by atoms with Crippen LogP contribution in [0.25, 0.3) is 11.2 Å². The Bertz CT molecular complexity index is 977. The van der Waals surface area contributed by atoms with Crippen molar-refractivity contribution in [3.63, 3.8) is 0 Å². The number of hydrogen-bond acceptors (Lipinski definition) is 5. The van der Waals surface area contributed by atoms with Gasteiger partial charge in [-0.3, -0.25) is 0 Å². The number of hydrogen-bond donors (Lipinski definition) is 0. The number of nitrogens with zero attached hydrogens (tertiary/aromatic N) is 6. The third-order valence-corrected chi connectivity index (χ3v) is 6.17. The highest BCUT2D eigenvalue weighted by Gasteiger charge is 2.27. The van der Waals surface area contributed by atoms with Crippen LogP contribution >= 0.6 is 0 Å². The fraction of sp³-hybridized carbons (Fsp3) is 0.500. The second-order valence-corrected chi connectivity index (χ2v) is 8.18. The predicted molar refractivity (Wildman–Crippen MR) is 113 cm³/mol. The van der Waals surface area contributed by atoms with Crippen LogP contribution in [0, 0.1) is 6.92 Å². The average Bonchev–Trinajstić information content (AvgIpc) is 2.90. The Morgan fingerprint density at radius 1 is 0.964 bits per heavy atom. The number of piperazine rings is 1. The van der Waals surface area contributed by atoms with Gasteiger partial charge < -0.3 is 14.4 Å². The molecule has 146 valence electrons. The summed E-state index contributed by atoms with van der Waals surface area (Å²) in [6, 6.07) is 9.27. The molecule has 2 aromatic heterocycles. The lowest BCUT2D eigenvalue weighted by Gasteiger charge is -2.41. The van der Waals surface area contributed by atoms with E-state index in [1.54, 1.807) is 6.33 Å². The topological polar surface area (TPSA) is 50.1 Å². The summed E-state index contributed by atoms with van der Waals surface area (Å²) in [6.07, 6.45) is 6.48. The first-order valence-electron chi connectivity index (χ1n) is 10.5. The normalized spacial score (nSPS) is 20.3. The Balaban J connectivity index is 1.43. The Morgan fingerprint density at radius 2 is 1.82 bits per heavy atom. The summed E-state index contributed by atoms with van der Waals surface area (Å²) in [5, 5.41) is 0. The van der Waals surface area contributed by atoms with Crippen molar-refractivity contribution in [1.29, 1.82) is 0 Å². The van der Waals surface area contributed by atoms with Crippen LogP contribution in [0.4, 0.5) is 11.5 Å². The second-order valence-electron chi connectivity index (χ2n) is 8.18. The zero-order valence-electron chi connectivity index (χ0n) is 16.8. The van der Waals surface area contributed by atoms with Gasteiger partial charge in [0.2, 0.25) is 0 Å². The number of rotatable bonds is 2. The summed E-state index contributed by atoms with van der Waals surface area (Å²) in [5.74, 6) is 2.18. The Labute approximate surface area is 166 Å². The highest BCUT2D eigenvalue weighted by atomic mass is 15.3. The van der Waals surface area contributed by atoms with E-state index < -0.39 is 0 Å². The fourth-order valence-electron chi connectivity index (χ4n) is 4.63. The molecule has 0 unspecified atom stereocenters. The first-order chi connectivity index (χ1) is 13.7. The predicted octanol–water partition coefficient (Wildman–Crippen LogP) is 3.58. The second kappa shape index (κ2) is 7.08. The van der Waals surface area contributed by atoms with Crippen molar-refractivity contribution in [3.05, 3.63) is 42.0 Å². The number of fused-ring (bicyclic) bond motifs is 3. The van der Waals surface area contributed by atoms with Crippen molar-refractivity contribution in [2.24, 2.45) is 0 Å². The van der Waals surface area contributed by atoms with E-state index in [0.717, 1.165) is 49.6 Å². The molecule has 1 fully saturated rings. The van der Waals surface area contributed by atoms with Gasteiger partial charge in [-0.15, -0.1) is 0 Å². The van der Waals surface area contributed by atoms with Crippen LogP contribution in [-0.2, 0) is 13.0 Å². The number of benzene rings is 1. The zero-order chi connectivity index (χ0) is 19.1. The largest absolute Gasteiger partial charge is 0.365 e. The molecule has 2 aliphatic rings. The maximum Gasteiger partial charge on any atom is 0.165 e. The SMILES string of the molecule is Cc1ccc(N2CCN(c3ncnc4c3nc3n4CCCCC3)C[C@H]2C)cc1. The molecule has 1 saturated heterocycles. The maximum absolute atomic E-state index is 4.98. The van der Waals surface area contributed by atoms with E-state index >= 15 is 0 Å². The molecule has 1 aromatic carbocycles. The van der Waals surface area contributed by atoms with Crippen LogP contribution in [0.2, 0.25) is 0 Å². The number of aryl methyl sites for hydroxylation is 3. The molecule has 0 spiro atoms. The molecule has 0 amide bonds. The summed E-state index contributed by atoms with van der Waals surface area (Å²) in [5.41, 5.74) is 4.60. The van der Waals surface area contributed by atoms with Crippen LogP contribution in [0.1, 0.15) is 37.6 Å². The van der Waals surface area contributed by atoms with Crippen molar-refractivity contribution in [2.75, 3.05) is 29.4 Å². The Kier molecular flexibility index (Phi) is 4.41. The van der Waals surface area contributed by atoms with Gasteiger partial charge in [-0.1, -0.05) is 24.1 Å². The van der Waals surface area contributed by atoms with Crippen LogP contribution in [0.5, 0.6) is 0 Å². The molecule has 28 heavy (non-hydrogen) atoms. The van der Waals surface area contributed by atoms with Gasteiger partial charge >= 0.3 is 0 Å². The van der Waals surface area contributed by atoms with Gasteiger partial charge in [0.1, 0.15) is 12.2 Å². The number of imidazole rings is 1. The molecule has 0 saturated carbocycles. The van der Waals surface area contributed by atoms with Gasteiger partial charge in [-0.25, -0.2) is 15.0 Å². The van der Waals surface area contributed by atoms with E-state index in [2.05, 4.69) is 62.4 Å². The van der Waals surface area contributed by atoms with E-state index in [-0.39, 0.29) is 0 Å². The molecular weight excluding hydrogens is 348 g/mol. The van der Waals surface area contributed by atoms with Crippen molar-refractivity contribution in [1.82, 2.24) is 19.5 Å². The number of aromatic nitrogens is 4. The fourth-order valence-corrected chi connectivity index (χ4v) is 4.63. The van der Waals surface area contributed by atoms with Crippen molar-refractivity contribution in [2.45, 2.75) is 52.1 Å². The van der Waals surface area contributed by atoms with Crippen LogP contribution in [0.15, 0.2) is 30.6 Å². The van der Waals surface area contributed by atoms with E-state index in [1.807, 2.05) is 0 Å². The highest BCUT2D eigenvalue weighted by Crippen LogP contribution is 2.29. The third kappa shape index (κ3) is 3.01. The summed E-state index contributed by atoms with van der Waals surface area (Å²) in [4.78, 5) is 19.1. The van der Waals surface area contributed by atoms with Gasteiger partial charge in [-0.2, -0.15) is 0 Å². The Morgan fingerprint density at radius 3 is 2.64 bits per heavy atom. The molecule has 6 nitrogen and oxygen atoms in total. The number of anilines is 2. The van der Waals surface area contributed by atoms with Gasteiger partial charge in [0.15, 0.2) is 17.0 Å². The molecule has 1 atom stereocenters. The molecule has 3 aromatic rings. The summed E-state index contributed by atoms with van der Waals surface area (Å²) < 4.78 is 2.32. The van der Waals surface area contributed by atoms with Gasteiger partial charge in [-0.05, 0) is 38.8 Å². The molecule has 4 heterocycles. The molecule has 0 radical (unpaired) electrons. The Hall–Kier alpha value is -2.63. The first kappa shape index (κ1) is 17.5. The summed E-state index contributed by atoms with van der Waals surface area (Å²) in [6.45, 7) is 8.35. The lowest BCUT2D eigenvalue weighted by Crippen LogP contribution is -2.52. The molecule has 0 aliphatic carbocycles. The molecule has 2 aliphatic heterocycles. The molecule has 6 heteroatoms. The smallest absolute Gasteiger partial charge is 0.165 e. The van der Waals surface area contributed by atoms with Crippen LogP contribution in [0.3, 0.4) is 0 Å². The zero-order valence-corrected chi connectivity index (χ0v) is 16.8. The lowest BCUT2D eigenvalue weighted by atomic mass is 10.1. The summed E-state index contributed by atoms with van der Waals surface area (Å²) >= 11 is 0. The van der Waals surface area contributed by atoms with Crippen molar-refractivity contribution >= 4 is 22.7 Å². The van der Waals surface area contributed by atoms with Crippen LogP contribution in [-0.4, -0.2) is 45.2 Å². The first-order valence-corrected chi connectivity index (χ1v) is 10.5. The lowest BCUT2D eigenvalue weighted by molar-refractivity contribution is 0.548. The van der Waals surface area contributed by atoms with E-state index in [0.29, 0.717) is 6.04 Å². The molecule has 0 bridgehead atoms. The van der Waals surface area contributed by atoms with E-state index in [9.17, 15) is 0 Å². The molecule has 0 N–H and O–H groups in total. The quantitative estimate of drug-likeness (QED) is 0.684. The van der Waals surface area contributed by atoms with Crippen LogP contribution < -0.4 is 9.80 Å². The minimum absolute atomic E-state index is 0.418. The molecule has 5 rings (SSSR count).